The third kappa shape index (κ3) is 6.85. The number of fused-ring (bicyclic) bond motifs is 2. The van der Waals surface area contributed by atoms with Crippen molar-refractivity contribution in [2.75, 3.05) is 56.6 Å². The molecule has 0 spiro atoms. The molecule has 9 heteroatoms. The SMILES string of the molecule is Cc1ccc(CCCO)c(NCc2ccc3c(c2)nc(NCCCN2CCOCC2)n3Cc2cccc3c2ncn3C)c1. The molecule has 5 aromatic rings. The summed E-state index contributed by atoms with van der Waals surface area (Å²) in [4.78, 5) is 12.3. The number of benzene rings is 3. The monoisotopic (exact) mass is 581 g/mol. The van der Waals surface area contributed by atoms with E-state index in [-0.39, 0.29) is 6.61 Å². The van der Waals surface area contributed by atoms with Crippen molar-refractivity contribution < 1.29 is 9.84 Å². The number of aromatic nitrogens is 4. The van der Waals surface area contributed by atoms with Gasteiger partial charge in [-0.25, -0.2) is 9.97 Å². The summed E-state index contributed by atoms with van der Waals surface area (Å²) in [6, 6.07) is 19.5. The lowest BCUT2D eigenvalue weighted by molar-refractivity contribution is 0.0378. The van der Waals surface area contributed by atoms with Crippen molar-refractivity contribution in [3.8, 4) is 0 Å². The van der Waals surface area contributed by atoms with E-state index < -0.39 is 0 Å². The Kier molecular flexibility index (Phi) is 9.21. The van der Waals surface area contributed by atoms with Gasteiger partial charge in [0.15, 0.2) is 0 Å². The Bertz CT molecular complexity index is 1670. The molecule has 3 aromatic carbocycles. The molecule has 0 atom stereocenters. The largest absolute Gasteiger partial charge is 0.396 e. The maximum atomic E-state index is 9.33. The van der Waals surface area contributed by atoms with Crippen molar-refractivity contribution >= 4 is 33.7 Å². The zero-order chi connectivity index (χ0) is 29.6. The highest BCUT2D eigenvalue weighted by atomic mass is 16.5. The minimum atomic E-state index is 0.199. The van der Waals surface area contributed by atoms with E-state index in [4.69, 9.17) is 14.7 Å². The molecule has 9 nitrogen and oxygen atoms in total. The maximum absolute atomic E-state index is 9.33. The van der Waals surface area contributed by atoms with Gasteiger partial charge in [-0.3, -0.25) is 4.90 Å². The quantitative estimate of drug-likeness (QED) is 0.170. The number of anilines is 2. The van der Waals surface area contributed by atoms with Crippen molar-refractivity contribution in [3.05, 3.63) is 83.2 Å². The molecule has 1 fully saturated rings. The zero-order valence-corrected chi connectivity index (χ0v) is 25.4. The summed E-state index contributed by atoms with van der Waals surface area (Å²) in [5.41, 5.74) is 10.2. The number of aryl methyl sites for hydroxylation is 3. The van der Waals surface area contributed by atoms with Crippen LogP contribution in [-0.2, 0) is 31.3 Å². The molecule has 1 aliphatic rings. The van der Waals surface area contributed by atoms with Crippen LogP contribution < -0.4 is 10.6 Å². The summed E-state index contributed by atoms with van der Waals surface area (Å²) in [5.74, 6) is 0.889. The summed E-state index contributed by atoms with van der Waals surface area (Å²) >= 11 is 0. The number of morpholine rings is 1. The van der Waals surface area contributed by atoms with Crippen LogP contribution in [0, 0.1) is 6.92 Å². The van der Waals surface area contributed by atoms with Crippen molar-refractivity contribution in [2.24, 2.45) is 7.05 Å². The number of aliphatic hydroxyl groups excluding tert-OH is 1. The van der Waals surface area contributed by atoms with E-state index in [1.54, 1.807) is 0 Å². The molecule has 226 valence electrons. The van der Waals surface area contributed by atoms with Gasteiger partial charge in [-0.2, -0.15) is 0 Å². The first kappa shape index (κ1) is 29.2. The highest BCUT2D eigenvalue weighted by Gasteiger charge is 2.15. The fraction of sp³-hybridized carbons (Fsp3) is 0.412. The molecule has 0 bridgehead atoms. The second kappa shape index (κ2) is 13.6. The molecule has 2 aromatic heterocycles. The van der Waals surface area contributed by atoms with E-state index in [0.29, 0.717) is 13.1 Å². The van der Waals surface area contributed by atoms with Crippen molar-refractivity contribution in [1.82, 2.24) is 24.0 Å². The maximum Gasteiger partial charge on any atom is 0.204 e. The lowest BCUT2D eigenvalue weighted by Gasteiger charge is -2.26. The molecule has 43 heavy (non-hydrogen) atoms. The predicted octanol–water partition coefficient (Wildman–Crippen LogP) is 4.95. The number of hydrogen-bond donors (Lipinski definition) is 3. The number of nitrogens with zero attached hydrogens (tertiary/aromatic N) is 5. The number of hydrogen-bond acceptors (Lipinski definition) is 7. The standard InChI is InChI=1S/C34H43N7O2/c1-25-9-11-27(7-4-17-42)29(20-25)36-22-26-10-12-31-30(21-26)38-34(35-13-5-14-40-15-18-43-19-16-40)41(31)23-28-6-3-8-32-33(28)37-24-39(32)2/h3,6,8-12,20-21,24,36,42H,4-5,7,13-19,22-23H2,1-2H3,(H,35,38). The van der Waals surface area contributed by atoms with E-state index in [0.717, 1.165) is 92.4 Å². The van der Waals surface area contributed by atoms with E-state index in [1.165, 1.54) is 22.3 Å². The van der Waals surface area contributed by atoms with Crippen molar-refractivity contribution in [1.29, 1.82) is 0 Å². The number of imidazole rings is 2. The minimum absolute atomic E-state index is 0.199. The van der Waals surface area contributed by atoms with Gasteiger partial charge in [0.25, 0.3) is 0 Å². The number of para-hydroxylation sites is 1. The zero-order valence-electron chi connectivity index (χ0n) is 25.4. The summed E-state index contributed by atoms with van der Waals surface area (Å²) < 4.78 is 9.86. The number of nitrogens with one attached hydrogen (secondary N) is 2. The summed E-state index contributed by atoms with van der Waals surface area (Å²) in [6.07, 6.45) is 4.54. The van der Waals surface area contributed by atoms with E-state index in [2.05, 4.69) is 86.2 Å². The smallest absolute Gasteiger partial charge is 0.204 e. The Labute approximate surface area is 253 Å². The van der Waals surface area contributed by atoms with Gasteiger partial charge in [0, 0.05) is 45.5 Å². The molecule has 3 heterocycles. The average molecular weight is 582 g/mol. The van der Waals surface area contributed by atoms with Crippen molar-refractivity contribution in [3.63, 3.8) is 0 Å². The van der Waals surface area contributed by atoms with Crippen LogP contribution in [0.3, 0.4) is 0 Å². The van der Waals surface area contributed by atoms with Gasteiger partial charge in [-0.1, -0.05) is 30.3 Å². The molecule has 3 N–H and O–H groups in total. The molecule has 6 rings (SSSR count). The minimum Gasteiger partial charge on any atom is -0.396 e. The van der Waals surface area contributed by atoms with Crippen LogP contribution in [0.4, 0.5) is 11.6 Å². The molecule has 0 unspecified atom stereocenters. The first-order chi connectivity index (χ1) is 21.1. The Balaban J connectivity index is 1.24. The molecule has 0 aliphatic carbocycles. The first-order valence-electron chi connectivity index (χ1n) is 15.5. The molecule has 0 amide bonds. The van der Waals surface area contributed by atoms with Crippen LogP contribution in [-0.4, -0.2) is 75.1 Å². The first-order valence-corrected chi connectivity index (χ1v) is 15.5. The molecule has 1 saturated heterocycles. The Morgan fingerprint density at radius 3 is 2.70 bits per heavy atom. The van der Waals surface area contributed by atoms with Crippen LogP contribution >= 0.6 is 0 Å². The second-order valence-corrected chi connectivity index (χ2v) is 11.6. The fourth-order valence-electron chi connectivity index (χ4n) is 5.96. The molecule has 0 radical (unpaired) electrons. The summed E-state index contributed by atoms with van der Waals surface area (Å²) in [7, 11) is 2.04. The van der Waals surface area contributed by atoms with Gasteiger partial charge in [0.05, 0.1) is 48.2 Å². The van der Waals surface area contributed by atoms with Crippen LogP contribution in [0.5, 0.6) is 0 Å². The molecule has 1 aliphatic heterocycles. The lowest BCUT2D eigenvalue weighted by atomic mass is 10.0. The van der Waals surface area contributed by atoms with Crippen LogP contribution in [0.1, 0.15) is 35.1 Å². The van der Waals surface area contributed by atoms with Crippen LogP contribution in [0.2, 0.25) is 0 Å². The van der Waals surface area contributed by atoms with E-state index in [9.17, 15) is 5.11 Å². The fourth-order valence-corrected chi connectivity index (χ4v) is 5.96. The summed E-state index contributed by atoms with van der Waals surface area (Å²) in [5, 5.41) is 16.6. The van der Waals surface area contributed by atoms with Gasteiger partial charge in [0.1, 0.15) is 0 Å². The molecular weight excluding hydrogens is 538 g/mol. The van der Waals surface area contributed by atoms with Gasteiger partial charge < -0.3 is 29.6 Å². The third-order valence-electron chi connectivity index (χ3n) is 8.37. The second-order valence-electron chi connectivity index (χ2n) is 11.6. The number of rotatable bonds is 13. The normalized spacial score (nSPS) is 14.1. The lowest BCUT2D eigenvalue weighted by Crippen LogP contribution is -2.37. The average Bonchev–Trinajstić information content (AvgIpc) is 3.58. The number of aliphatic hydroxyl groups is 1. The number of ether oxygens (including phenoxy) is 1. The van der Waals surface area contributed by atoms with E-state index in [1.807, 2.05) is 13.4 Å². The molecule has 0 saturated carbocycles. The highest BCUT2D eigenvalue weighted by molar-refractivity contribution is 5.82. The van der Waals surface area contributed by atoms with Crippen LogP contribution in [0.25, 0.3) is 22.1 Å². The topological polar surface area (TPSA) is 92.4 Å². The van der Waals surface area contributed by atoms with Crippen molar-refractivity contribution in [2.45, 2.75) is 39.3 Å². The highest BCUT2D eigenvalue weighted by Crippen LogP contribution is 2.26. The Hall–Kier alpha value is -3.92. The van der Waals surface area contributed by atoms with Gasteiger partial charge >= 0.3 is 0 Å². The van der Waals surface area contributed by atoms with Gasteiger partial charge in [-0.05, 0) is 79.3 Å². The van der Waals surface area contributed by atoms with E-state index >= 15 is 0 Å². The third-order valence-corrected chi connectivity index (χ3v) is 8.37. The van der Waals surface area contributed by atoms with Gasteiger partial charge in [0.2, 0.25) is 5.95 Å². The molecular formula is C34H43N7O2. The Morgan fingerprint density at radius 2 is 1.84 bits per heavy atom. The Morgan fingerprint density at radius 1 is 0.953 bits per heavy atom. The predicted molar refractivity (Wildman–Crippen MR) is 174 cm³/mol. The van der Waals surface area contributed by atoms with Crippen LogP contribution in [0.15, 0.2) is 60.9 Å². The summed E-state index contributed by atoms with van der Waals surface area (Å²) in [6.45, 7) is 9.28. The van der Waals surface area contributed by atoms with Gasteiger partial charge in [-0.15, -0.1) is 0 Å².